The molecule has 2 aromatic heterocycles. The molecule has 1 aliphatic heterocycles. The molecular weight excluding hydrogens is 442 g/mol. The summed E-state index contributed by atoms with van der Waals surface area (Å²) in [5.41, 5.74) is 3.34. The number of nitrogens with one attached hydrogen (secondary N) is 1. The molecule has 0 fully saturated rings. The Labute approximate surface area is 194 Å². The highest BCUT2D eigenvalue weighted by Crippen LogP contribution is 2.37. The van der Waals surface area contributed by atoms with Gasteiger partial charge in [-0.3, -0.25) is 0 Å². The summed E-state index contributed by atoms with van der Waals surface area (Å²) in [5.74, 6) is 0.0400. The van der Waals surface area contributed by atoms with Gasteiger partial charge in [-0.2, -0.15) is 4.98 Å². The van der Waals surface area contributed by atoms with E-state index in [0.717, 1.165) is 22.3 Å². The fourth-order valence-corrected chi connectivity index (χ4v) is 4.87. The van der Waals surface area contributed by atoms with E-state index in [2.05, 4.69) is 15.3 Å². The number of thioether (sulfide) groups is 1. The first-order valence-electron chi connectivity index (χ1n) is 10.6. The van der Waals surface area contributed by atoms with Crippen molar-refractivity contribution in [3.8, 4) is 5.88 Å². The maximum Gasteiger partial charge on any atom is 0.215 e. The second-order valence-electron chi connectivity index (χ2n) is 7.73. The minimum atomic E-state index is -0.538. The summed E-state index contributed by atoms with van der Waals surface area (Å²) < 4.78 is 35.3. The van der Waals surface area contributed by atoms with Crippen LogP contribution in [-0.4, -0.2) is 30.2 Å². The molecule has 5 rings (SSSR count). The van der Waals surface area contributed by atoms with E-state index in [0.29, 0.717) is 35.3 Å². The van der Waals surface area contributed by atoms with Crippen LogP contribution in [0.2, 0.25) is 0 Å². The third-order valence-corrected chi connectivity index (χ3v) is 6.66. The number of anilines is 2. The molecule has 33 heavy (non-hydrogen) atoms. The molecule has 168 valence electrons. The molecule has 0 spiro atoms. The number of fused-ring (bicyclic) bond motifs is 3. The van der Waals surface area contributed by atoms with Crippen molar-refractivity contribution in [2.24, 2.45) is 0 Å². The minimum Gasteiger partial charge on any atom is -0.481 e. The van der Waals surface area contributed by atoms with Gasteiger partial charge in [-0.15, -0.1) is 11.8 Å². The van der Waals surface area contributed by atoms with Crippen molar-refractivity contribution in [3.05, 3.63) is 83.6 Å². The van der Waals surface area contributed by atoms with E-state index >= 15 is 8.78 Å². The first kappa shape index (κ1) is 21.5. The van der Waals surface area contributed by atoms with E-state index in [1.54, 1.807) is 19.4 Å². The van der Waals surface area contributed by atoms with Gasteiger partial charge in [-0.05, 0) is 23.8 Å². The first-order chi connectivity index (χ1) is 16.1. The molecule has 0 bridgehead atoms. The van der Waals surface area contributed by atoms with Crippen LogP contribution in [0.1, 0.15) is 11.1 Å². The summed E-state index contributed by atoms with van der Waals surface area (Å²) in [4.78, 5) is 11.4. The predicted octanol–water partition coefficient (Wildman–Crippen LogP) is 5.64. The number of aromatic nitrogens is 2. The molecule has 0 aliphatic carbocycles. The zero-order chi connectivity index (χ0) is 22.8. The van der Waals surface area contributed by atoms with Gasteiger partial charge in [0, 0.05) is 47.3 Å². The standard InChI is InChI=1S/C25H22F2N4OS/c1-32-23-8-7-18-24-22(13-29-25(18)30-23)28-9-10-31(24)14-19-20(26)11-17(12-21(19)27)33-15-16-5-3-2-4-6-16/h2-8,11-13,28H,9-10,14-15H2,1H3. The third kappa shape index (κ3) is 4.43. The zero-order valence-electron chi connectivity index (χ0n) is 18.0. The molecule has 8 heteroatoms. The normalized spacial score (nSPS) is 13.0. The molecule has 2 aromatic carbocycles. The molecule has 0 atom stereocenters. The second kappa shape index (κ2) is 9.23. The summed E-state index contributed by atoms with van der Waals surface area (Å²) >= 11 is 1.42. The van der Waals surface area contributed by atoms with Crippen LogP contribution in [0.25, 0.3) is 11.0 Å². The van der Waals surface area contributed by atoms with Crippen LogP contribution in [0.5, 0.6) is 5.88 Å². The molecule has 0 radical (unpaired) electrons. The molecule has 0 saturated heterocycles. The summed E-state index contributed by atoms with van der Waals surface area (Å²) in [5, 5.41) is 4.12. The number of pyridine rings is 2. The van der Waals surface area contributed by atoms with Gasteiger partial charge in [-0.1, -0.05) is 30.3 Å². The minimum absolute atomic E-state index is 0.0540. The predicted molar refractivity (Wildman–Crippen MR) is 128 cm³/mol. The fourth-order valence-electron chi connectivity index (χ4n) is 3.97. The van der Waals surface area contributed by atoms with Crippen molar-refractivity contribution >= 4 is 34.2 Å². The molecule has 0 saturated carbocycles. The van der Waals surface area contributed by atoms with E-state index in [-0.39, 0.29) is 12.1 Å². The van der Waals surface area contributed by atoms with E-state index in [1.807, 2.05) is 41.3 Å². The highest BCUT2D eigenvalue weighted by atomic mass is 32.2. The summed E-state index contributed by atoms with van der Waals surface area (Å²) in [6, 6.07) is 16.3. The average Bonchev–Trinajstić information content (AvgIpc) is 2.85. The number of rotatable bonds is 6. The average molecular weight is 465 g/mol. The quantitative estimate of drug-likeness (QED) is 0.373. The number of hydrogen-bond acceptors (Lipinski definition) is 6. The van der Waals surface area contributed by atoms with Gasteiger partial charge < -0.3 is 15.0 Å². The van der Waals surface area contributed by atoms with Gasteiger partial charge in [0.2, 0.25) is 5.88 Å². The Balaban J connectivity index is 1.42. The molecular formula is C25H22F2N4OS. The lowest BCUT2D eigenvalue weighted by Crippen LogP contribution is -2.34. The van der Waals surface area contributed by atoms with Crippen LogP contribution in [0.15, 0.2) is 65.7 Å². The maximum atomic E-state index is 15.0. The number of ether oxygens (including phenoxy) is 1. The Hall–Kier alpha value is -3.39. The molecule has 0 unspecified atom stereocenters. The molecule has 5 nitrogen and oxygen atoms in total. The van der Waals surface area contributed by atoms with Crippen LogP contribution in [-0.2, 0) is 12.3 Å². The van der Waals surface area contributed by atoms with Crippen molar-refractivity contribution in [3.63, 3.8) is 0 Å². The topological polar surface area (TPSA) is 50.3 Å². The molecule has 0 amide bonds. The van der Waals surface area contributed by atoms with E-state index in [1.165, 1.54) is 23.9 Å². The van der Waals surface area contributed by atoms with Crippen molar-refractivity contribution in [2.45, 2.75) is 17.2 Å². The van der Waals surface area contributed by atoms with Crippen molar-refractivity contribution < 1.29 is 13.5 Å². The number of nitrogens with zero attached hydrogens (tertiary/aromatic N) is 3. The Morgan fingerprint density at radius 3 is 2.64 bits per heavy atom. The third-order valence-electron chi connectivity index (χ3n) is 5.61. The smallest absolute Gasteiger partial charge is 0.215 e. The van der Waals surface area contributed by atoms with Gasteiger partial charge in [0.1, 0.15) is 11.6 Å². The lowest BCUT2D eigenvalue weighted by atomic mass is 10.1. The number of benzene rings is 2. The van der Waals surface area contributed by atoms with Gasteiger partial charge in [0.05, 0.1) is 24.7 Å². The van der Waals surface area contributed by atoms with Crippen molar-refractivity contribution in [1.29, 1.82) is 0 Å². The Kier molecular flexibility index (Phi) is 6.00. The SMILES string of the molecule is COc1ccc2c3c(cnc2n1)NCCN3Cc1c(F)cc(SCc2ccccc2)cc1F. The van der Waals surface area contributed by atoms with Gasteiger partial charge in [0.15, 0.2) is 5.65 Å². The van der Waals surface area contributed by atoms with Crippen LogP contribution in [0.3, 0.4) is 0 Å². The lowest BCUT2D eigenvalue weighted by Gasteiger charge is -2.33. The maximum absolute atomic E-state index is 15.0. The largest absolute Gasteiger partial charge is 0.481 e. The highest BCUT2D eigenvalue weighted by molar-refractivity contribution is 7.98. The van der Waals surface area contributed by atoms with Gasteiger partial charge >= 0.3 is 0 Å². The molecule has 3 heterocycles. The summed E-state index contributed by atoms with van der Waals surface area (Å²) in [7, 11) is 1.55. The lowest BCUT2D eigenvalue weighted by molar-refractivity contribution is 0.399. The molecule has 4 aromatic rings. The van der Waals surface area contributed by atoms with Crippen molar-refractivity contribution in [1.82, 2.24) is 9.97 Å². The Morgan fingerprint density at radius 1 is 1.09 bits per heavy atom. The number of halogens is 2. The molecule has 1 aliphatic rings. The Morgan fingerprint density at radius 2 is 1.88 bits per heavy atom. The summed E-state index contributed by atoms with van der Waals surface area (Å²) in [6.07, 6.45) is 1.70. The van der Waals surface area contributed by atoms with E-state index < -0.39 is 11.6 Å². The van der Waals surface area contributed by atoms with Crippen LogP contribution in [0, 0.1) is 11.6 Å². The van der Waals surface area contributed by atoms with E-state index in [4.69, 9.17) is 4.74 Å². The fraction of sp³-hybridized carbons (Fsp3) is 0.200. The van der Waals surface area contributed by atoms with Crippen LogP contribution in [0.4, 0.5) is 20.2 Å². The molecule has 1 N–H and O–H groups in total. The van der Waals surface area contributed by atoms with Crippen LogP contribution < -0.4 is 15.0 Å². The number of methoxy groups -OCH3 is 1. The van der Waals surface area contributed by atoms with Gasteiger partial charge in [0.25, 0.3) is 0 Å². The Bertz CT molecular complexity index is 1280. The highest BCUT2D eigenvalue weighted by Gasteiger charge is 2.23. The van der Waals surface area contributed by atoms with Crippen LogP contribution >= 0.6 is 11.8 Å². The summed E-state index contributed by atoms with van der Waals surface area (Å²) in [6.45, 7) is 1.36. The number of hydrogen-bond donors (Lipinski definition) is 1. The second-order valence-corrected chi connectivity index (χ2v) is 8.78. The monoisotopic (exact) mass is 464 g/mol. The van der Waals surface area contributed by atoms with Crippen molar-refractivity contribution in [2.75, 3.05) is 30.4 Å². The van der Waals surface area contributed by atoms with Gasteiger partial charge in [-0.25, -0.2) is 13.8 Å². The first-order valence-corrected chi connectivity index (χ1v) is 11.6. The zero-order valence-corrected chi connectivity index (χ0v) is 18.8. The van der Waals surface area contributed by atoms with E-state index in [9.17, 15) is 0 Å².